The van der Waals surface area contributed by atoms with E-state index in [1.54, 1.807) is 0 Å². The van der Waals surface area contributed by atoms with E-state index in [-0.39, 0.29) is 6.09 Å². The summed E-state index contributed by atoms with van der Waals surface area (Å²) in [5.41, 5.74) is 0. The van der Waals surface area contributed by atoms with Gasteiger partial charge in [0.15, 0.2) is 0 Å². The van der Waals surface area contributed by atoms with Gasteiger partial charge in [-0.05, 0) is 57.5 Å². The number of carbonyl (C=O) groups is 1. The highest BCUT2D eigenvalue weighted by Gasteiger charge is 2.36. The molecule has 0 aromatic carbocycles. The Hall–Kier alpha value is -0.770. The van der Waals surface area contributed by atoms with Crippen LogP contribution in [-0.2, 0) is 4.74 Å². The number of rotatable bonds is 2. The van der Waals surface area contributed by atoms with Gasteiger partial charge in [0.2, 0.25) is 0 Å². The molecule has 1 amide bonds. The quantitative estimate of drug-likeness (QED) is 0.821. The maximum atomic E-state index is 12.0. The Labute approximate surface area is 110 Å². The molecule has 1 N–H and O–H groups in total. The molecule has 2 rings (SSSR count). The second kappa shape index (κ2) is 6.41. The van der Waals surface area contributed by atoms with Crippen molar-refractivity contribution >= 4 is 6.09 Å². The topological polar surface area (TPSA) is 41.6 Å². The first-order valence-electron chi connectivity index (χ1n) is 7.36. The fourth-order valence-corrected chi connectivity index (χ4v) is 3.29. The van der Waals surface area contributed by atoms with Crippen molar-refractivity contribution in [1.29, 1.82) is 0 Å². The van der Waals surface area contributed by atoms with Gasteiger partial charge in [0.05, 0.1) is 6.61 Å². The van der Waals surface area contributed by atoms with Gasteiger partial charge in [0.25, 0.3) is 0 Å². The molecule has 2 aliphatic rings. The van der Waals surface area contributed by atoms with Crippen LogP contribution < -0.4 is 5.32 Å². The first-order valence-corrected chi connectivity index (χ1v) is 7.36. The first kappa shape index (κ1) is 13.7. The van der Waals surface area contributed by atoms with E-state index in [2.05, 4.69) is 12.2 Å². The zero-order chi connectivity index (χ0) is 13.0. The highest BCUT2D eigenvalue weighted by Crippen LogP contribution is 2.31. The highest BCUT2D eigenvalue weighted by atomic mass is 16.6. The minimum Gasteiger partial charge on any atom is -0.450 e. The minimum absolute atomic E-state index is 0.104. The van der Waals surface area contributed by atoms with Crippen LogP contribution in [0.3, 0.4) is 0 Å². The summed E-state index contributed by atoms with van der Waals surface area (Å²) in [6, 6.07) is 0.398. The maximum absolute atomic E-state index is 12.0. The molecule has 4 heteroatoms. The number of hydrogen-bond acceptors (Lipinski definition) is 3. The molecule has 2 atom stereocenters. The number of carbonyl (C=O) groups excluding carboxylic acids is 1. The highest BCUT2D eigenvalue weighted by molar-refractivity contribution is 5.68. The molecule has 2 unspecified atom stereocenters. The van der Waals surface area contributed by atoms with Gasteiger partial charge >= 0.3 is 6.09 Å². The summed E-state index contributed by atoms with van der Waals surface area (Å²) in [4.78, 5) is 14.0. The molecule has 0 bridgehead atoms. The van der Waals surface area contributed by atoms with E-state index in [0.29, 0.717) is 18.6 Å². The van der Waals surface area contributed by atoms with Crippen LogP contribution in [0.2, 0.25) is 0 Å². The number of piperidine rings is 2. The zero-order valence-electron chi connectivity index (χ0n) is 11.7. The fraction of sp³-hybridized carbons (Fsp3) is 0.929. The van der Waals surface area contributed by atoms with Crippen molar-refractivity contribution in [2.24, 2.45) is 11.8 Å². The van der Waals surface area contributed by atoms with Crippen molar-refractivity contribution in [2.45, 2.75) is 45.6 Å². The third kappa shape index (κ3) is 3.16. The van der Waals surface area contributed by atoms with Crippen molar-refractivity contribution in [3.05, 3.63) is 0 Å². The van der Waals surface area contributed by atoms with Crippen LogP contribution in [0.4, 0.5) is 4.79 Å². The maximum Gasteiger partial charge on any atom is 0.410 e. The SMILES string of the molecule is CCOC(=O)N1CCC(C)CC1C1CCNCC1. The number of ether oxygens (including phenoxy) is 1. The van der Waals surface area contributed by atoms with Crippen LogP contribution in [0, 0.1) is 11.8 Å². The van der Waals surface area contributed by atoms with Gasteiger partial charge in [-0.1, -0.05) is 6.92 Å². The van der Waals surface area contributed by atoms with E-state index in [9.17, 15) is 4.79 Å². The van der Waals surface area contributed by atoms with Crippen molar-refractivity contribution in [2.75, 3.05) is 26.2 Å². The summed E-state index contributed by atoms with van der Waals surface area (Å²) in [7, 11) is 0. The van der Waals surface area contributed by atoms with Crippen molar-refractivity contribution in [3.8, 4) is 0 Å². The Bertz CT molecular complexity index is 277. The van der Waals surface area contributed by atoms with Gasteiger partial charge in [-0.2, -0.15) is 0 Å². The minimum atomic E-state index is -0.104. The van der Waals surface area contributed by atoms with Crippen LogP contribution in [0.5, 0.6) is 0 Å². The van der Waals surface area contributed by atoms with Gasteiger partial charge < -0.3 is 15.0 Å². The van der Waals surface area contributed by atoms with E-state index < -0.39 is 0 Å². The Morgan fingerprint density at radius 3 is 2.72 bits per heavy atom. The summed E-state index contributed by atoms with van der Waals surface area (Å²) >= 11 is 0. The lowest BCUT2D eigenvalue weighted by molar-refractivity contribution is 0.0405. The lowest BCUT2D eigenvalue weighted by atomic mass is 9.81. The van der Waals surface area contributed by atoms with Crippen LogP contribution >= 0.6 is 0 Å². The summed E-state index contributed by atoms with van der Waals surface area (Å²) < 4.78 is 5.21. The molecule has 0 aromatic rings. The molecule has 2 fully saturated rings. The standard InChI is InChI=1S/C14H26N2O2/c1-3-18-14(17)16-9-6-11(2)10-13(16)12-4-7-15-8-5-12/h11-13,15H,3-10H2,1-2H3. The summed E-state index contributed by atoms with van der Waals surface area (Å²) in [5.74, 6) is 1.38. The molecule has 0 aliphatic carbocycles. The molecule has 2 aliphatic heterocycles. The third-order valence-electron chi connectivity index (χ3n) is 4.34. The van der Waals surface area contributed by atoms with Gasteiger partial charge in [0, 0.05) is 12.6 Å². The lowest BCUT2D eigenvalue weighted by Gasteiger charge is -2.43. The van der Waals surface area contributed by atoms with Crippen LogP contribution in [0.25, 0.3) is 0 Å². The number of nitrogens with zero attached hydrogens (tertiary/aromatic N) is 1. The van der Waals surface area contributed by atoms with Crippen LogP contribution in [-0.4, -0.2) is 43.3 Å². The second-order valence-corrected chi connectivity index (χ2v) is 5.68. The summed E-state index contributed by atoms with van der Waals surface area (Å²) in [6.07, 6.45) is 4.53. The number of hydrogen-bond donors (Lipinski definition) is 1. The zero-order valence-corrected chi connectivity index (χ0v) is 11.7. The molecule has 2 saturated heterocycles. The van der Waals surface area contributed by atoms with Crippen molar-refractivity contribution < 1.29 is 9.53 Å². The smallest absolute Gasteiger partial charge is 0.410 e. The molecule has 0 spiro atoms. The van der Waals surface area contributed by atoms with E-state index in [1.807, 2.05) is 11.8 Å². The molecule has 0 saturated carbocycles. The van der Waals surface area contributed by atoms with E-state index in [0.717, 1.165) is 38.4 Å². The Morgan fingerprint density at radius 2 is 2.06 bits per heavy atom. The Balaban J connectivity index is 2.02. The summed E-state index contributed by atoms with van der Waals surface area (Å²) in [6.45, 7) is 7.71. The first-order chi connectivity index (χ1) is 8.72. The van der Waals surface area contributed by atoms with Gasteiger partial charge in [0.1, 0.15) is 0 Å². The van der Waals surface area contributed by atoms with Gasteiger partial charge in [-0.25, -0.2) is 4.79 Å². The number of likely N-dealkylation sites (tertiary alicyclic amines) is 1. The molecular formula is C14H26N2O2. The largest absolute Gasteiger partial charge is 0.450 e. The van der Waals surface area contributed by atoms with Gasteiger partial charge in [-0.15, -0.1) is 0 Å². The normalized spacial score (nSPS) is 30.2. The average Bonchev–Trinajstić information content (AvgIpc) is 2.40. The molecule has 2 heterocycles. The van der Waals surface area contributed by atoms with Crippen LogP contribution in [0.1, 0.15) is 39.5 Å². The van der Waals surface area contributed by atoms with Crippen molar-refractivity contribution in [1.82, 2.24) is 10.2 Å². The molecule has 0 aromatic heterocycles. The molecule has 0 radical (unpaired) electrons. The Kier molecular flexibility index (Phi) is 4.87. The van der Waals surface area contributed by atoms with Gasteiger partial charge in [-0.3, -0.25) is 0 Å². The van der Waals surface area contributed by atoms with Crippen molar-refractivity contribution in [3.63, 3.8) is 0 Å². The van der Waals surface area contributed by atoms with E-state index >= 15 is 0 Å². The van der Waals surface area contributed by atoms with Crippen LogP contribution in [0.15, 0.2) is 0 Å². The average molecular weight is 254 g/mol. The lowest BCUT2D eigenvalue weighted by Crippen LogP contribution is -2.51. The molecule has 4 nitrogen and oxygen atoms in total. The monoisotopic (exact) mass is 254 g/mol. The second-order valence-electron chi connectivity index (χ2n) is 5.68. The third-order valence-corrected chi connectivity index (χ3v) is 4.34. The Morgan fingerprint density at radius 1 is 1.33 bits per heavy atom. The predicted octanol–water partition coefficient (Wildman–Crippen LogP) is 2.24. The molecular weight excluding hydrogens is 228 g/mol. The summed E-state index contributed by atoms with van der Waals surface area (Å²) in [5, 5.41) is 3.40. The van der Waals surface area contributed by atoms with E-state index in [4.69, 9.17) is 4.74 Å². The predicted molar refractivity (Wildman–Crippen MR) is 71.5 cm³/mol. The molecule has 18 heavy (non-hydrogen) atoms. The van der Waals surface area contributed by atoms with E-state index in [1.165, 1.54) is 12.8 Å². The number of amides is 1. The molecule has 104 valence electrons. The number of nitrogens with one attached hydrogen (secondary N) is 1. The fourth-order valence-electron chi connectivity index (χ4n) is 3.29.